The molecule has 0 bridgehead atoms. The zero-order valence-electron chi connectivity index (χ0n) is 15.7. The van der Waals surface area contributed by atoms with Gasteiger partial charge in [-0.25, -0.2) is 14.6 Å². The van der Waals surface area contributed by atoms with Gasteiger partial charge in [-0.1, -0.05) is 30.3 Å². The number of aromatic amines is 1. The van der Waals surface area contributed by atoms with Gasteiger partial charge in [-0.05, 0) is 26.3 Å². The number of ether oxygens (including phenoxy) is 3. The normalized spacial score (nSPS) is 12.4. The monoisotopic (exact) mass is 375 g/mol. The van der Waals surface area contributed by atoms with E-state index in [2.05, 4.69) is 15.3 Å². The molecule has 146 valence electrons. The number of carbonyl (C=O) groups is 2. The van der Waals surface area contributed by atoms with E-state index in [9.17, 15) is 9.59 Å². The zero-order chi connectivity index (χ0) is 19.7. The molecular weight excluding hydrogens is 350 g/mol. The summed E-state index contributed by atoms with van der Waals surface area (Å²) >= 11 is 0. The first-order valence-electron chi connectivity index (χ1n) is 8.60. The minimum atomic E-state index is -1.03. The largest absolute Gasteiger partial charge is 0.516 e. The van der Waals surface area contributed by atoms with Crippen molar-refractivity contribution in [1.29, 1.82) is 0 Å². The molecule has 1 heterocycles. The van der Waals surface area contributed by atoms with E-state index in [-0.39, 0.29) is 13.2 Å². The molecule has 0 radical (unpaired) electrons. The first kappa shape index (κ1) is 20.6. The molecule has 8 nitrogen and oxygen atoms in total. The van der Waals surface area contributed by atoms with E-state index >= 15 is 0 Å². The Bertz CT molecular complexity index is 711. The first-order chi connectivity index (χ1) is 12.8. The van der Waals surface area contributed by atoms with E-state index in [0.29, 0.717) is 6.61 Å². The van der Waals surface area contributed by atoms with Crippen LogP contribution in [0.4, 0.5) is 4.79 Å². The molecule has 0 unspecified atom stereocenters. The van der Waals surface area contributed by atoms with Crippen LogP contribution in [0.1, 0.15) is 32.0 Å². The second kappa shape index (κ2) is 9.84. The molecule has 1 aromatic heterocycles. The molecule has 0 saturated heterocycles. The van der Waals surface area contributed by atoms with Crippen molar-refractivity contribution in [3.8, 4) is 0 Å². The highest BCUT2D eigenvalue weighted by molar-refractivity contribution is 5.85. The van der Waals surface area contributed by atoms with Gasteiger partial charge in [0.05, 0.1) is 19.7 Å². The summed E-state index contributed by atoms with van der Waals surface area (Å²) < 4.78 is 15.4. The van der Waals surface area contributed by atoms with Gasteiger partial charge in [-0.2, -0.15) is 0 Å². The maximum Gasteiger partial charge on any atom is 0.516 e. The second-order valence-corrected chi connectivity index (χ2v) is 6.90. The third-order valence-electron chi connectivity index (χ3n) is 3.38. The number of carbonyl (C=O) groups excluding carboxylic acids is 2. The van der Waals surface area contributed by atoms with Crippen molar-refractivity contribution < 1.29 is 23.8 Å². The summed E-state index contributed by atoms with van der Waals surface area (Å²) in [6, 6.07) is 8.86. The number of imidazole rings is 1. The van der Waals surface area contributed by atoms with Crippen molar-refractivity contribution in [2.24, 2.45) is 0 Å². The summed E-state index contributed by atoms with van der Waals surface area (Å²) in [5, 5.41) is 2.94. The molecule has 2 aromatic rings. The van der Waals surface area contributed by atoms with Gasteiger partial charge in [0.15, 0.2) is 0 Å². The van der Waals surface area contributed by atoms with Gasteiger partial charge in [0.25, 0.3) is 0 Å². The van der Waals surface area contributed by atoms with Gasteiger partial charge in [-0.15, -0.1) is 0 Å². The van der Waals surface area contributed by atoms with Crippen LogP contribution in [0, 0.1) is 0 Å². The molecule has 0 spiro atoms. The molecule has 0 aliphatic heterocycles. The molecule has 27 heavy (non-hydrogen) atoms. The number of benzene rings is 1. The molecule has 0 saturated carbocycles. The van der Waals surface area contributed by atoms with Gasteiger partial charge in [0.2, 0.25) is 0 Å². The number of hydrogen-bond donors (Lipinski definition) is 2. The fourth-order valence-corrected chi connectivity index (χ4v) is 2.18. The van der Waals surface area contributed by atoms with Gasteiger partial charge in [0.1, 0.15) is 11.6 Å². The molecular formula is C19H25N3O5. The minimum absolute atomic E-state index is 0.108. The molecule has 2 rings (SSSR count). The van der Waals surface area contributed by atoms with Crippen LogP contribution in [0.2, 0.25) is 0 Å². The lowest BCUT2D eigenvalue weighted by Gasteiger charge is -2.20. The zero-order valence-corrected chi connectivity index (χ0v) is 15.7. The van der Waals surface area contributed by atoms with E-state index in [1.165, 1.54) is 6.33 Å². The fraction of sp³-hybridized carbons (Fsp3) is 0.421. The maximum atomic E-state index is 12.4. The Kier molecular flexibility index (Phi) is 7.51. The SMILES string of the molecule is CC(C)(C)OC(=O)OC(=O)[C@H](Cc1cnc[nH]1)NCOCc1ccccc1. The van der Waals surface area contributed by atoms with Crippen LogP contribution in [0.5, 0.6) is 0 Å². The van der Waals surface area contributed by atoms with Crippen molar-refractivity contribution in [3.05, 3.63) is 54.1 Å². The Balaban J connectivity index is 1.88. The molecule has 0 amide bonds. The molecule has 0 aliphatic rings. The number of esters is 1. The van der Waals surface area contributed by atoms with Crippen LogP contribution >= 0.6 is 0 Å². The van der Waals surface area contributed by atoms with Crippen molar-refractivity contribution in [2.75, 3.05) is 6.73 Å². The summed E-state index contributed by atoms with van der Waals surface area (Å²) in [6.45, 7) is 5.58. The Morgan fingerprint density at radius 2 is 1.96 bits per heavy atom. The lowest BCUT2D eigenvalue weighted by atomic mass is 10.1. The number of nitrogens with one attached hydrogen (secondary N) is 2. The van der Waals surface area contributed by atoms with Gasteiger partial charge < -0.3 is 19.2 Å². The molecule has 1 aromatic carbocycles. The topological polar surface area (TPSA) is 103 Å². The Hall–Kier alpha value is -2.71. The minimum Gasteiger partial charge on any atom is -0.428 e. The highest BCUT2D eigenvalue weighted by Gasteiger charge is 2.26. The van der Waals surface area contributed by atoms with Crippen molar-refractivity contribution in [1.82, 2.24) is 15.3 Å². The van der Waals surface area contributed by atoms with Gasteiger partial charge in [0, 0.05) is 18.3 Å². The number of hydrogen-bond acceptors (Lipinski definition) is 7. The Labute approximate surface area is 158 Å². The maximum absolute atomic E-state index is 12.4. The lowest BCUT2D eigenvalue weighted by molar-refractivity contribution is -0.144. The van der Waals surface area contributed by atoms with Crippen LogP contribution in [-0.4, -0.2) is 40.5 Å². The highest BCUT2D eigenvalue weighted by Crippen LogP contribution is 2.09. The predicted octanol–water partition coefficient (Wildman–Crippen LogP) is 2.56. The smallest absolute Gasteiger partial charge is 0.428 e. The van der Waals surface area contributed by atoms with E-state index in [4.69, 9.17) is 14.2 Å². The quantitative estimate of drug-likeness (QED) is 0.316. The average Bonchev–Trinajstić information content (AvgIpc) is 3.09. The van der Waals surface area contributed by atoms with E-state index in [1.54, 1.807) is 27.0 Å². The van der Waals surface area contributed by atoms with Crippen molar-refractivity contribution in [3.63, 3.8) is 0 Å². The fourth-order valence-electron chi connectivity index (χ4n) is 2.18. The van der Waals surface area contributed by atoms with E-state index < -0.39 is 23.8 Å². The summed E-state index contributed by atoms with van der Waals surface area (Å²) in [6.07, 6.45) is 2.34. The predicted molar refractivity (Wildman–Crippen MR) is 97.6 cm³/mol. The Morgan fingerprint density at radius 1 is 1.22 bits per heavy atom. The number of H-pyrrole nitrogens is 1. The summed E-state index contributed by atoms with van der Waals surface area (Å²) in [7, 11) is 0. The molecule has 2 N–H and O–H groups in total. The number of rotatable bonds is 8. The molecule has 0 fully saturated rings. The second-order valence-electron chi connectivity index (χ2n) is 6.90. The van der Waals surface area contributed by atoms with Crippen molar-refractivity contribution in [2.45, 2.75) is 45.4 Å². The Morgan fingerprint density at radius 3 is 2.59 bits per heavy atom. The first-order valence-corrected chi connectivity index (χ1v) is 8.60. The van der Waals surface area contributed by atoms with Crippen LogP contribution < -0.4 is 5.32 Å². The van der Waals surface area contributed by atoms with Gasteiger partial charge in [-0.3, -0.25) is 5.32 Å². The summed E-state index contributed by atoms with van der Waals surface area (Å²) in [5.41, 5.74) is 0.986. The lowest BCUT2D eigenvalue weighted by Crippen LogP contribution is -2.42. The summed E-state index contributed by atoms with van der Waals surface area (Å²) in [5.74, 6) is -0.748. The average molecular weight is 375 g/mol. The molecule has 0 aliphatic carbocycles. The molecule has 8 heteroatoms. The number of nitrogens with zero attached hydrogens (tertiary/aromatic N) is 1. The van der Waals surface area contributed by atoms with E-state index in [1.807, 2.05) is 30.3 Å². The summed E-state index contributed by atoms with van der Waals surface area (Å²) in [4.78, 5) is 30.9. The van der Waals surface area contributed by atoms with Crippen LogP contribution in [-0.2, 0) is 32.0 Å². The van der Waals surface area contributed by atoms with E-state index in [0.717, 1.165) is 11.3 Å². The van der Waals surface area contributed by atoms with Crippen LogP contribution in [0.3, 0.4) is 0 Å². The highest BCUT2D eigenvalue weighted by atomic mass is 16.7. The van der Waals surface area contributed by atoms with Crippen LogP contribution in [0.15, 0.2) is 42.9 Å². The third-order valence-corrected chi connectivity index (χ3v) is 3.38. The van der Waals surface area contributed by atoms with Crippen LogP contribution in [0.25, 0.3) is 0 Å². The van der Waals surface area contributed by atoms with Gasteiger partial charge >= 0.3 is 12.1 Å². The standard InChI is InChI=1S/C19H25N3O5/c1-19(2,3)27-18(24)26-17(23)16(9-15-10-20-12-21-15)22-13-25-11-14-7-5-4-6-8-14/h4-8,10,12,16,22H,9,11,13H2,1-3H3,(H,20,21)/t16-/m0/s1. The molecule has 1 atom stereocenters. The third kappa shape index (κ3) is 8.02. The van der Waals surface area contributed by atoms with Crippen molar-refractivity contribution >= 4 is 12.1 Å². The number of aromatic nitrogens is 2.